The molecule has 1 aromatic heterocycles. The lowest BCUT2D eigenvalue weighted by Gasteiger charge is -2.34. The molecule has 2 aliphatic rings. The molecule has 1 N–H and O–H groups in total. The Morgan fingerprint density at radius 1 is 1.55 bits per heavy atom. The average Bonchev–Trinajstić information content (AvgIpc) is 3.05. The summed E-state index contributed by atoms with van der Waals surface area (Å²) in [5.74, 6) is 0.691. The Hall–Kier alpha value is -0.490. The standard InChI is InChI=1S/C15H25N3OS/c1-11(2)6-16-7-13-8-17-15(20-13)14-9-18-5-3-4-12(18)10-19-14/h8,11-12,14,16H,3-7,9-10H2,1-2H3. The van der Waals surface area contributed by atoms with Crippen LogP contribution in [0, 0.1) is 5.92 Å². The molecule has 0 saturated carbocycles. The molecule has 2 fully saturated rings. The summed E-state index contributed by atoms with van der Waals surface area (Å²) >= 11 is 1.80. The molecule has 2 saturated heterocycles. The van der Waals surface area contributed by atoms with Crippen LogP contribution in [0.5, 0.6) is 0 Å². The Morgan fingerprint density at radius 2 is 2.45 bits per heavy atom. The van der Waals surface area contributed by atoms with Gasteiger partial charge in [-0.3, -0.25) is 4.90 Å². The second-order valence-corrected chi connectivity index (χ2v) is 7.45. The first-order valence-corrected chi connectivity index (χ1v) is 8.55. The Balaban J connectivity index is 1.54. The number of hydrogen-bond acceptors (Lipinski definition) is 5. The van der Waals surface area contributed by atoms with Crippen LogP contribution < -0.4 is 5.32 Å². The van der Waals surface area contributed by atoms with E-state index in [1.807, 2.05) is 6.20 Å². The van der Waals surface area contributed by atoms with Gasteiger partial charge < -0.3 is 10.1 Å². The van der Waals surface area contributed by atoms with E-state index in [2.05, 4.69) is 29.0 Å². The highest BCUT2D eigenvalue weighted by atomic mass is 32.1. The van der Waals surface area contributed by atoms with E-state index in [-0.39, 0.29) is 6.10 Å². The molecule has 2 atom stereocenters. The predicted octanol–water partition coefficient (Wildman–Crippen LogP) is 2.42. The van der Waals surface area contributed by atoms with Crippen molar-refractivity contribution in [3.05, 3.63) is 16.1 Å². The van der Waals surface area contributed by atoms with E-state index in [9.17, 15) is 0 Å². The number of morpholine rings is 1. The summed E-state index contributed by atoms with van der Waals surface area (Å²) < 4.78 is 6.02. The monoisotopic (exact) mass is 295 g/mol. The smallest absolute Gasteiger partial charge is 0.123 e. The van der Waals surface area contributed by atoms with Crippen LogP contribution in [0.15, 0.2) is 6.20 Å². The first-order chi connectivity index (χ1) is 9.72. The third kappa shape index (κ3) is 3.39. The lowest BCUT2D eigenvalue weighted by molar-refractivity contribution is -0.0502. The molecule has 0 amide bonds. The molecule has 2 unspecified atom stereocenters. The third-order valence-corrected chi connectivity index (χ3v) is 5.18. The maximum absolute atomic E-state index is 6.02. The zero-order valence-electron chi connectivity index (χ0n) is 12.5. The normalized spacial score (nSPS) is 27.1. The maximum atomic E-state index is 6.02. The van der Waals surface area contributed by atoms with Gasteiger partial charge in [0.25, 0.3) is 0 Å². The first-order valence-electron chi connectivity index (χ1n) is 7.73. The van der Waals surface area contributed by atoms with Crippen molar-refractivity contribution in [2.24, 2.45) is 5.92 Å². The highest BCUT2D eigenvalue weighted by molar-refractivity contribution is 7.11. The fourth-order valence-electron chi connectivity index (χ4n) is 3.00. The highest BCUT2D eigenvalue weighted by Gasteiger charge is 2.33. The van der Waals surface area contributed by atoms with Crippen molar-refractivity contribution in [1.29, 1.82) is 0 Å². The van der Waals surface area contributed by atoms with Gasteiger partial charge in [-0.15, -0.1) is 11.3 Å². The van der Waals surface area contributed by atoms with Gasteiger partial charge in [0, 0.05) is 30.2 Å². The van der Waals surface area contributed by atoms with Crippen LogP contribution in [0.25, 0.3) is 0 Å². The number of fused-ring (bicyclic) bond motifs is 1. The zero-order valence-corrected chi connectivity index (χ0v) is 13.3. The summed E-state index contributed by atoms with van der Waals surface area (Å²) in [7, 11) is 0. The molecule has 0 radical (unpaired) electrons. The molecule has 3 rings (SSSR count). The van der Waals surface area contributed by atoms with Gasteiger partial charge in [0.1, 0.15) is 11.1 Å². The van der Waals surface area contributed by atoms with E-state index in [4.69, 9.17) is 4.74 Å². The molecule has 0 aliphatic carbocycles. The lowest BCUT2D eigenvalue weighted by atomic mass is 10.2. The molecule has 4 nitrogen and oxygen atoms in total. The van der Waals surface area contributed by atoms with Gasteiger partial charge in [0.15, 0.2) is 0 Å². The average molecular weight is 295 g/mol. The minimum Gasteiger partial charge on any atom is -0.368 e. The Morgan fingerprint density at radius 3 is 3.30 bits per heavy atom. The van der Waals surface area contributed by atoms with Crippen LogP contribution in [-0.4, -0.2) is 42.2 Å². The van der Waals surface area contributed by atoms with E-state index in [0.29, 0.717) is 12.0 Å². The number of ether oxygens (including phenoxy) is 1. The van der Waals surface area contributed by atoms with Gasteiger partial charge >= 0.3 is 0 Å². The van der Waals surface area contributed by atoms with E-state index in [0.717, 1.165) is 31.2 Å². The minimum atomic E-state index is 0.188. The second-order valence-electron chi connectivity index (χ2n) is 6.30. The Labute approximate surface area is 125 Å². The lowest BCUT2D eigenvalue weighted by Crippen LogP contribution is -2.42. The minimum absolute atomic E-state index is 0.188. The summed E-state index contributed by atoms with van der Waals surface area (Å²) in [5, 5.41) is 4.62. The third-order valence-electron chi connectivity index (χ3n) is 4.09. The van der Waals surface area contributed by atoms with E-state index in [1.165, 1.54) is 24.3 Å². The SMILES string of the molecule is CC(C)CNCc1cnc(C2CN3CCCC3CO2)s1. The number of nitrogens with zero attached hydrogens (tertiary/aromatic N) is 2. The molecule has 5 heteroatoms. The van der Waals surface area contributed by atoms with Gasteiger partial charge in [-0.1, -0.05) is 13.8 Å². The van der Waals surface area contributed by atoms with Crippen molar-refractivity contribution in [3.8, 4) is 0 Å². The summed E-state index contributed by atoms with van der Waals surface area (Å²) in [6, 6.07) is 0.665. The number of thiazole rings is 1. The molecule has 0 aromatic carbocycles. The van der Waals surface area contributed by atoms with Crippen molar-refractivity contribution in [2.75, 3.05) is 26.2 Å². The van der Waals surface area contributed by atoms with Crippen molar-refractivity contribution < 1.29 is 4.74 Å². The van der Waals surface area contributed by atoms with E-state index in [1.54, 1.807) is 11.3 Å². The number of rotatable bonds is 5. The number of aromatic nitrogens is 1. The van der Waals surface area contributed by atoms with Crippen molar-refractivity contribution in [3.63, 3.8) is 0 Å². The molecular formula is C15H25N3OS. The Bertz CT molecular complexity index is 435. The molecular weight excluding hydrogens is 270 g/mol. The molecule has 3 heterocycles. The topological polar surface area (TPSA) is 37.4 Å². The van der Waals surface area contributed by atoms with Crippen molar-refractivity contribution >= 4 is 11.3 Å². The molecule has 0 spiro atoms. The zero-order chi connectivity index (χ0) is 13.9. The van der Waals surface area contributed by atoms with Crippen LogP contribution in [-0.2, 0) is 11.3 Å². The van der Waals surface area contributed by atoms with Gasteiger partial charge in [-0.2, -0.15) is 0 Å². The van der Waals surface area contributed by atoms with Crippen LogP contribution in [0.4, 0.5) is 0 Å². The summed E-state index contributed by atoms with van der Waals surface area (Å²) in [6.07, 6.45) is 4.82. The largest absolute Gasteiger partial charge is 0.368 e. The van der Waals surface area contributed by atoms with Gasteiger partial charge in [0.2, 0.25) is 0 Å². The maximum Gasteiger partial charge on any atom is 0.123 e. The summed E-state index contributed by atoms with van der Waals surface area (Å²) in [4.78, 5) is 8.47. The van der Waals surface area contributed by atoms with E-state index >= 15 is 0 Å². The van der Waals surface area contributed by atoms with E-state index < -0.39 is 0 Å². The van der Waals surface area contributed by atoms with Gasteiger partial charge in [-0.05, 0) is 31.8 Å². The highest BCUT2D eigenvalue weighted by Crippen LogP contribution is 2.31. The molecule has 1 aromatic rings. The number of nitrogens with one attached hydrogen (secondary N) is 1. The molecule has 0 bridgehead atoms. The fourth-order valence-corrected chi connectivity index (χ4v) is 3.93. The quantitative estimate of drug-likeness (QED) is 0.905. The molecule has 2 aliphatic heterocycles. The van der Waals surface area contributed by atoms with Gasteiger partial charge in [0.05, 0.1) is 6.61 Å². The second kappa shape index (κ2) is 6.52. The van der Waals surface area contributed by atoms with Crippen molar-refractivity contribution in [1.82, 2.24) is 15.2 Å². The summed E-state index contributed by atoms with van der Waals surface area (Å²) in [5.41, 5.74) is 0. The first kappa shape index (κ1) is 14.4. The fraction of sp³-hybridized carbons (Fsp3) is 0.800. The van der Waals surface area contributed by atoms with Gasteiger partial charge in [-0.25, -0.2) is 4.98 Å². The van der Waals surface area contributed by atoms with Crippen LogP contribution in [0.2, 0.25) is 0 Å². The molecule has 20 heavy (non-hydrogen) atoms. The van der Waals surface area contributed by atoms with Crippen LogP contribution >= 0.6 is 11.3 Å². The van der Waals surface area contributed by atoms with Crippen LogP contribution in [0.3, 0.4) is 0 Å². The Kier molecular flexibility index (Phi) is 4.71. The van der Waals surface area contributed by atoms with Crippen LogP contribution in [0.1, 0.15) is 42.7 Å². The van der Waals surface area contributed by atoms with Crippen molar-refractivity contribution in [2.45, 2.75) is 45.4 Å². The predicted molar refractivity (Wildman–Crippen MR) is 81.9 cm³/mol. The number of hydrogen-bond donors (Lipinski definition) is 1. The summed E-state index contributed by atoms with van der Waals surface area (Å²) in [6.45, 7) is 9.58. The molecule has 112 valence electrons.